The fourth-order valence-corrected chi connectivity index (χ4v) is 3.21. The van der Waals surface area contributed by atoms with Gasteiger partial charge >= 0.3 is 6.09 Å². The minimum absolute atomic E-state index is 0.135. The summed E-state index contributed by atoms with van der Waals surface area (Å²) in [6.45, 7) is 8.37. The van der Waals surface area contributed by atoms with Crippen molar-refractivity contribution in [2.24, 2.45) is 5.92 Å². The molecule has 4 heteroatoms. The van der Waals surface area contributed by atoms with Gasteiger partial charge in [-0.2, -0.15) is 0 Å². The van der Waals surface area contributed by atoms with Gasteiger partial charge in [0, 0.05) is 19.6 Å². The van der Waals surface area contributed by atoms with E-state index in [1.54, 1.807) is 0 Å². The number of ether oxygens (including phenoxy) is 1. The average Bonchev–Trinajstić information content (AvgIpc) is 2.38. The molecule has 1 unspecified atom stereocenters. The molecule has 2 aliphatic rings. The van der Waals surface area contributed by atoms with Gasteiger partial charge in [-0.05, 0) is 39.5 Å². The van der Waals surface area contributed by atoms with E-state index in [4.69, 9.17) is 4.74 Å². The first-order valence-corrected chi connectivity index (χ1v) is 7.68. The monoisotopic (exact) mass is 268 g/mol. The molecule has 1 aliphatic carbocycles. The standard InChI is InChI=1S/C15H28N2O2/c1-15(2,3)19-14(18)17-10-9-16-11-13(17)12-7-5-4-6-8-12/h12-13,16H,4-11H2,1-3H3. The van der Waals surface area contributed by atoms with Gasteiger partial charge < -0.3 is 15.0 Å². The minimum atomic E-state index is -0.404. The summed E-state index contributed by atoms with van der Waals surface area (Å²) in [6, 6.07) is 0.323. The maximum absolute atomic E-state index is 12.3. The Labute approximate surface area is 116 Å². The molecule has 0 aromatic rings. The third-order valence-corrected chi connectivity index (χ3v) is 4.11. The number of amides is 1. The Bertz CT molecular complexity index is 306. The van der Waals surface area contributed by atoms with E-state index in [0.29, 0.717) is 12.0 Å². The molecule has 0 aromatic carbocycles. The van der Waals surface area contributed by atoms with Crippen molar-refractivity contribution in [3.8, 4) is 0 Å². The summed E-state index contributed by atoms with van der Waals surface area (Å²) in [4.78, 5) is 14.3. The van der Waals surface area contributed by atoms with Crippen molar-refractivity contribution >= 4 is 6.09 Å². The summed E-state index contributed by atoms with van der Waals surface area (Å²) >= 11 is 0. The van der Waals surface area contributed by atoms with Gasteiger partial charge in [-0.25, -0.2) is 4.79 Å². The first kappa shape index (κ1) is 14.6. The van der Waals surface area contributed by atoms with Crippen LogP contribution < -0.4 is 5.32 Å². The van der Waals surface area contributed by atoms with E-state index in [9.17, 15) is 4.79 Å². The largest absolute Gasteiger partial charge is 0.444 e. The molecule has 0 bridgehead atoms. The fraction of sp³-hybridized carbons (Fsp3) is 0.933. The number of nitrogens with zero attached hydrogens (tertiary/aromatic N) is 1. The molecule has 4 nitrogen and oxygen atoms in total. The Morgan fingerprint density at radius 2 is 1.89 bits per heavy atom. The lowest BCUT2D eigenvalue weighted by Crippen LogP contribution is -2.57. The third-order valence-electron chi connectivity index (χ3n) is 4.11. The molecule has 1 saturated heterocycles. The molecule has 1 aliphatic heterocycles. The molecule has 1 atom stereocenters. The number of hydrogen-bond acceptors (Lipinski definition) is 3. The van der Waals surface area contributed by atoms with Gasteiger partial charge in [0.2, 0.25) is 0 Å². The van der Waals surface area contributed by atoms with E-state index >= 15 is 0 Å². The zero-order valence-electron chi connectivity index (χ0n) is 12.6. The van der Waals surface area contributed by atoms with Crippen LogP contribution in [0.15, 0.2) is 0 Å². The SMILES string of the molecule is CC(C)(C)OC(=O)N1CCNCC1C1CCCCC1. The highest BCUT2D eigenvalue weighted by Gasteiger charge is 2.35. The Morgan fingerprint density at radius 1 is 1.21 bits per heavy atom. The lowest BCUT2D eigenvalue weighted by atomic mass is 9.82. The second kappa shape index (κ2) is 6.12. The van der Waals surface area contributed by atoms with E-state index in [2.05, 4.69) is 5.32 Å². The lowest BCUT2D eigenvalue weighted by Gasteiger charge is -2.42. The topological polar surface area (TPSA) is 41.6 Å². The quantitative estimate of drug-likeness (QED) is 0.795. The normalized spacial score (nSPS) is 26.3. The Hall–Kier alpha value is -0.770. The smallest absolute Gasteiger partial charge is 0.410 e. The Morgan fingerprint density at radius 3 is 2.53 bits per heavy atom. The van der Waals surface area contributed by atoms with Crippen LogP contribution in [0.5, 0.6) is 0 Å². The van der Waals surface area contributed by atoms with Crippen LogP contribution in [0, 0.1) is 5.92 Å². The van der Waals surface area contributed by atoms with Crippen LogP contribution in [-0.2, 0) is 4.74 Å². The average molecular weight is 268 g/mol. The number of nitrogens with one attached hydrogen (secondary N) is 1. The highest BCUT2D eigenvalue weighted by Crippen LogP contribution is 2.30. The van der Waals surface area contributed by atoms with Crippen molar-refractivity contribution in [3.05, 3.63) is 0 Å². The van der Waals surface area contributed by atoms with Crippen molar-refractivity contribution < 1.29 is 9.53 Å². The van der Waals surface area contributed by atoms with Crippen molar-refractivity contribution in [1.82, 2.24) is 10.2 Å². The summed E-state index contributed by atoms with van der Waals surface area (Å²) in [6.07, 6.45) is 6.34. The van der Waals surface area contributed by atoms with Crippen LogP contribution in [0.3, 0.4) is 0 Å². The summed E-state index contributed by atoms with van der Waals surface area (Å²) < 4.78 is 5.56. The predicted molar refractivity (Wildman–Crippen MR) is 76.2 cm³/mol. The Kier molecular flexibility index (Phi) is 4.71. The van der Waals surface area contributed by atoms with Gasteiger partial charge in [-0.15, -0.1) is 0 Å². The molecule has 0 radical (unpaired) electrons. The Balaban J connectivity index is 2.00. The van der Waals surface area contributed by atoms with E-state index < -0.39 is 5.60 Å². The molecule has 1 heterocycles. The highest BCUT2D eigenvalue weighted by molar-refractivity contribution is 5.68. The van der Waals surface area contributed by atoms with Crippen molar-refractivity contribution in [2.45, 2.75) is 64.5 Å². The second-order valence-electron chi connectivity index (χ2n) is 6.84. The molecular formula is C15H28N2O2. The van der Waals surface area contributed by atoms with Crippen LogP contribution >= 0.6 is 0 Å². The van der Waals surface area contributed by atoms with Crippen molar-refractivity contribution in [3.63, 3.8) is 0 Å². The second-order valence-corrected chi connectivity index (χ2v) is 6.84. The van der Waals surface area contributed by atoms with E-state index in [1.807, 2.05) is 25.7 Å². The number of carbonyl (C=O) groups excluding carboxylic acids is 1. The lowest BCUT2D eigenvalue weighted by molar-refractivity contribution is 0.00154. The van der Waals surface area contributed by atoms with Crippen LogP contribution in [0.1, 0.15) is 52.9 Å². The summed E-state index contributed by atoms with van der Waals surface area (Å²) in [5, 5.41) is 3.43. The molecule has 0 aromatic heterocycles. The molecular weight excluding hydrogens is 240 g/mol. The molecule has 2 fully saturated rings. The number of piperazine rings is 1. The predicted octanol–water partition coefficient (Wildman–Crippen LogP) is 2.78. The first-order chi connectivity index (χ1) is 8.97. The molecule has 110 valence electrons. The summed E-state index contributed by atoms with van der Waals surface area (Å²) in [5.41, 5.74) is -0.404. The maximum Gasteiger partial charge on any atom is 0.410 e. The van der Waals surface area contributed by atoms with Crippen LogP contribution in [0.2, 0.25) is 0 Å². The third kappa shape index (κ3) is 4.10. The van der Waals surface area contributed by atoms with Gasteiger partial charge in [0.25, 0.3) is 0 Å². The maximum atomic E-state index is 12.3. The number of rotatable bonds is 1. The zero-order chi connectivity index (χ0) is 13.9. The van der Waals surface area contributed by atoms with Crippen LogP contribution in [0.4, 0.5) is 4.79 Å². The highest BCUT2D eigenvalue weighted by atomic mass is 16.6. The molecule has 2 rings (SSSR count). The van der Waals surface area contributed by atoms with Gasteiger partial charge in [0.1, 0.15) is 5.60 Å². The van der Waals surface area contributed by atoms with Gasteiger partial charge in [-0.1, -0.05) is 19.3 Å². The van der Waals surface area contributed by atoms with Gasteiger partial charge in [0.15, 0.2) is 0 Å². The summed E-state index contributed by atoms with van der Waals surface area (Å²) in [5.74, 6) is 0.647. The van der Waals surface area contributed by atoms with Gasteiger partial charge in [0.05, 0.1) is 6.04 Å². The molecule has 19 heavy (non-hydrogen) atoms. The molecule has 1 amide bonds. The zero-order valence-corrected chi connectivity index (χ0v) is 12.6. The van der Waals surface area contributed by atoms with Crippen molar-refractivity contribution in [2.75, 3.05) is 19.6 Å². The molecule has 1 N–H and O–H groups in total. The first-order valence-electron chi connectivity index (χ1n) is 7.68. The van der Waals surface area contributed by atoms with Crippen LogP contribution in [0.25, 0.3) is 0 Å². The fourth-order valence-electron chi connectivity index (χ4n) is 3.21. The number of carbonyl (C=O) groups is 1. The molecule has 0 spiro atoms. The van der Waals surface area contributed by atoms with E-state index in [0.717, 1.165) is 19.6 Å². The van der Waals surface area contributed by atoms with Crippen LogP contribution in [-0.4, -0.2) is 42.3 Å². The minimum Gasteiger partial charge on any atom is -0.444 e. The van der Waals surface area contributed by atoms with E-state index in [-0.39, 0.29) is 6.09 Å². The number of hydrogen-bond donors (Lipinski definition) is 1. The van der Waals surface area contributed by atoms with Crippen molar-refractivity contribution in [1.29, 1.82) is 0 Å². The van der Waals surface area contributed by atoms with E-state index in [1.165, 1.54) is 32.1 Å². The summed E-state index contributed by atoms with van der Waals surface area (Å²) in [7, 11) is 0. The van der Waals surface area contributed by atoms with Gasteiger partial charge in [-0.3, -0.25) is 0 Å². The molecule has 1 saturated carbocycles.